The van der Waals surface area contributed by atoms with Crippen LogP contribution in [0.3, 0.4) is 0 Å². The van der Waals surface area contributed by atoms with Gasteiger partial charge < -0.3 is 20.3 Å². The molecule has 7 rings (SSSR count). The van der Waals surface area contributed by atoms with E-state index < -0.39 is 16.4 Å². The summed E-state index contributed by atoms with van der Waals surface area (Å²) < 4.78 is 58.4. The molecule has 260 valence electrons. The monoisotopic (exact) mass is 694 g/mol. The van der Waals surface area contributed by atoms with E-state index in [-0.39, 0.29) is 23.9 Å². The first-order valence-corrected chi connectivity index (χ1v) is 18.2. The smallest absolute Gasteiger partial charge is 0.256 e. The van der Waals surface area contributed by atoms with E-state index in [4.69, 9.17) is 9.72 Å². The number of nitrogens with one attached hydrogen (secondary N) is 2. The molecule has 2 saturated heterocycles. The quantitative estimate of drug-likeness (QED) is 0.216. The number of alkyl halides is 2. The first-order chi connectivity index (χ1) is 23.7. The molecule has 3 aliphatic rings. The van der Waals surface area contributed by atoms with Crippen LogP contribution in [0.25, 0.3) is 22.6 Å². The molecule has 2 aliphatic heterocycles. The van der Waals surface area contributed by atoms with Crippen LogP contribution in [0.5, 0.6) is 5.75 Å². The maximum absolute atomic E-state index is 13.0. The summed E-state index contributed by atoms with van der Waals surface area (Å²) in [5, 5.41) is 10.5. The van der Waals surface area contributed by atoms with Crippen LogP contribution in [0.4, 0.5) is 26.1 Å². The average molecular weight is 695 g/mol. The molecule has 13 nitrogen and oxygen atoms in total. The van der Waals surface area contributed by atoms with E-state index in [1.165, 1.54) is 12.4 Å². The van der Waals surface area contributed by atoms with Crippen LogP contribution >= 0.6 is 0 Å². The highest BCUT2D eigenvalue weighted by atomic mass is 32.2. The van der Waals surface area contributed by atoms with Crippen molar-refractivity contribution in [2.45, 2.75) is 62.3 Å². The highest BCUT2D eigenvalue weighted by Crippen LogP contribution is 2.33. The summed E-state index contributed by atoms with van der Waals surface area (Å²) in [6.07, 6.45) is 10.4. The van der Waals surface area contributed by atoms with Gasteiger partial charge in [-0.25, -0.2) is 32.2 Å². The van der Waals surface area contributed by atoms with Gasteiger partial charge >= 0.3 is 0 Å². The molecular weight excluding hydrogens is 654 g/mol. The van der Waals surface area contributed by atoms with Gasteiger partial charge in [-0.15, -0.1) is 0 Å². The van der Waals surface area contributed by atoms with Crippen molar-refractivity contribution >= 4 is 27.3 Å². The third-order valence-corrected chi connectivity index (χ3v) is 11.2. The van der Waals surface area contributed by atoms with Gasteiger partial charge in [0.05, 0.1) is 41.6 Å². The number of piperidine rings is 2. The zero-order valence-corrected chi connectivity index (χ0v) is 28.1. The van der Waals surface area contributed by atoms with E-state index in [1.807, 2.05) is 18.2 Å². The molecule has 6 heterocycles. The molecule has 0 radical (unpaired) electrons. The van der Waals surface area contributed by atoms with Crippen LogP contribution in [0.15, 0.2) is 55.2 Å². The van der Waals surface area contributed by atoms with E-state index in [0.29, 0.717) is 61.8 Å². The number of halogens is 2. The van der Waals surface area contributed by atoms with Crippen molar-refractivity contribution < 1.29 is 21.9 Å². The molecule has 0 aromatic carbocycles. The molecule has 49 heavy (non-hydrogen) atoms. The molecule has 0 bridgehead atoms. The van der Waals surface area contributed by atoms with Crippen LogP contribution in [0, 0.1) is 0 Å². The van der Waals surface area contributed by atoms with Crippen molar-refractivity contribution in [1.29, 1.82) is 0 Å². The van der Waals surface area contributed by atoms with Crippen molar-refractivity contribution in [3.63, 3.8) is 0 Å². The summed E-state index contributed by atoms with van der Waals surface area (Å²) >= 11 is 0. The molecule has 0 amide bonds. The second kappa shape index (κ2) is 14.3. The highest BCUT2D eigenvalue weighted by molar-refractivity contribution is 7.90. The number of likely N-dealkylation sites (tertiary alicyclic amines) is 2. The summed E-state index contributed by atoms with van der Waals surface area (Å²) in [5.74, 6) is 2.02. The number of pyridine rings is 2. The number of aromatic nitrogens is 6. The lowest BCUT2D eigenvalue weighted by atomic mass is 10.0. The molecule has 0 spiro atoms. The van der Waals surface area contributed by atoms with Crippen LogP contribution < -0.4 is 15.4 Å². The second-order valence-corrected chi connectivity index (χ2v) is 15.0. The Morgan fingerprint density at radius 2 is 1.73 bits per heavy atom. The predicted octanol–water partition coefficient (Wildman–Crippen LogP) is 4.50. The molecule has 2 N–H and O–H groups in total. The minimum Gasteiger partial charge on any atom is -0.489 e. The van der Waals surface area contributed by atoms with Gasteiger partial charge in [-0.05, 0) is 63.8 Å². The molecule has 4 aromatic rings. The van der Waals surface area contributed by atoms with Gasteiger partial charge in [-0.3, -0.25) is 9.88 Å². The fourth-order valence-corrected chi connectivity index (χ4v) is 7.68. The number of hydrogen-bond acceptors (Lipinski definition) is 12. The van der Waals surface area contributed by atoms with Gasteiger partial charge in [0, 0.05) is 61.9 Å². The van der Waals surface area contributed by atoms with Gasteiger partial charge in [-0.2, -0.15) is 9.19 Å². The lowest BCUT2D eigenvalue weighted by molar-refractivity contribution is 0.0769. The first-order valence-electron chi connectivity index (χ1n) is 16.7. The fraction of sp³-hybridized carbons (Fsp3) is 0.485. The van der Waals surface area contributed by atoms with E-state index in [2.05, 4.69) is 42.6 Å². The van der Waals surface area contributed by atoms with Crippen molar-refractivity contribution in [3.05, 3.63) is 55.2 Å². The first kappa shape index (κ1) is 33.2. The molecule has 4 aromatic heterocycles. The van der Waals surface area contributed by atoms with Gasteiger partial charge in [0.2, 0.25) is 0 Å². The fourth-order valence-electron chi connectivity index (χ4n) is 6.20. The number of ether oxygens (including phenoxy) is 1. The lowest BCUT2D eigenvalue weighted by Gasteiger charge is -2.33. The molecule has 1 aliphatic carbocycles. The van der Waals surface area contributed by atoms with Crippen molar-refractivity contribution in [2.24, 2.45) is 0 Å². The normalized spacial score (nSPS) is 18.5. The molecule has 0 unspecified atom stereocenters. The largest absolute Gasteiger partial charge is 0.489 e. The Bertz CT molecular complexity index is 1840. The third kappa shape index (κ3) is 8.13. The van der Waals surface area contributed by atoms with E-state index in [9.17, 15) is 17.2 Å². The number of hydrogen-bond donors (Lipinski definition) is 2. The number of nitrogens with zero attached hydrogens (tertiary/aromatic N) is 8. The average Bonchev–Trinajstić information content (AvgIpc) is 3.84. The maximum Gasteiger partial charge on any atom is 0.256 e. The van der Waals surface area contributed by atoms with Gasteiger partial charge in [0.25, 0.3) is 16.4 Å². The molecule has 0 atom stereocenters. The third-order valence-electron chi connectivity index (χ3n) is 9.16. The van der Waals surface area contributed by atoms with Gasteiger partial charge in [0.15, 0.2) is 5.82 Å². The Morgan fingerprint density at radius 1 is 0.939 bits per heavy atom. The molecule has 1 saturated carbocycles. The minimum absolute atomic E-state index is 0.0732. The van der Waals surface area contributed by atoms with E-state index in [0.717, 1.165) is 52.7 Å². The number of rotatable bonds is 12. The van der Waals surface area contributed by atoms with Crippen LogP contribution in [-0.2, 0) is 10.0 Å². The predicted molar refractivity (Wildman–Crippen MR) is 182 cm³/mol. The summed E-state index contributed by atoms with van der Waals surface area (Å²) in [7, 11) is -1.39. The summed E-state index contributed by atoms with van der Waals surface area (Å²) in [6, 6.07) is 7.50. The lowest BCUT2D eigenvalue weighted by Crippen LogP contribution is -2.41. The van der Waals surface area contributed by atoms with Crippen molar-refractivity contribution in [1.82, 2.24) is 38.9 Å². The molecule has 3 fully saturated rings. The van der Waals surface area contributed by atoms with Gasteiger partial charge in [0.1, 0.15) is 23.5 Å². The SMILES string of the molecule is CN1CCC(Oc2ccc(-c3cnc(Nc4ccnc(-c5cnn(S(=O)(=O)C6CC6)c5)n4)cc3NC3CCN(CC(F)F)CC3)nc2)CC1. The van der Waals surface area contributed by atoms with Gasteiger partial charge in [-0.1, -0.05) is 0 Å². The van der Waals surface area contributed by atoms with E-state index >= 15 is 0 Å². The van der Waals surface area contributed by atoms with Crippen LogP contribution in [0.1, 0.15) is 38.5 Å². The van der Waals surface area contributed by atoms with Crippen LogP contribution in [-0.4, -0.2) is 111 Å². The zero-order chi connectivity index (χ0) is 34.0. The Labute approximate surface area is 284 Å². The summed E-state index contributed by atoms with van der Waals surface area (Å²) in [5.41, 5.74) is 2.78. The topological polar surface area (TPSA) is 143 Å². The minimum atomic E-state index is -3.51. The maximum atomic E-state index is 13.0. The zero-order valence-electron chi connectivity index (χ0n) is 27.3. The Kier molecular flexibility index (Phi) is 9.69. The second-order valence-electron chi connectivity index (χ2n) is 13.0. The standard InChI is InChI=1S/C33H40F2N10O3S/c1-43-12-9-24(10-13-43)48-25-2-5-28(37-18-25)27-19-38-32(16-29(27)40-23-7-14-44(15-8-23)21-30(34)35)41-31-6-11-36-33(42-31)22-17-39-45(20-22)49(46,47)26-3-4-26/h2,5-6,11,16-20,23-24,26,30H,3-4,7-10,12-15,21H2,1H3,(H2,36,38,40,41,42). The molecular formula is C33H40F2N10O3S. The van der Waals surface area contributed by atoms with Crippen molar-refractivity contribution in [2.75, 3.05) is 50.4 Å². The summed E-state index contributed by atoms with van der Waals surface area (Å²) in [4.78, 5) is 22.4. The highest BCUT2D eigenvalue weighted by Gasteiger charge is 2.37. The number of anilines is 3. The van der Waals surface area contributed by atoms with E-state index in [1.54, 1.807) is 29.6 Å². The Balaban J connectivity index is 1.10. The van der Waals surface area contributed by atoms with Crippen molar-refractivity contribution in [3.8, 4) is 28.4 Å². The Morgan fingerprint density at radius 3 is 2.45 bits per heavy atom. The van der Waals surface area contributed by atoms with Crippen LogP contribution in [0.2, 0.25) is 0 Å². The Hall–Kier alpha value is -4.28. The summed E-state index contributed by atoms with van der Waals surface area (Å²) in [6.45, 7) is 2.96. The molecule has 16 heteroatoms.